The van der Waals surface area contributed by atoms with E-state index in [1.807, 2.05) is 29.1 Å². The second-order valence-corrected chi connectivity index (χ2v) is 7.18. The molecule has 0 amide bonds. The number of hydrogen-bond donors (Lipinski definition) is 1. The van der Waals surface area contributed by atoms with Crippen molar-refractivity contribution in [1.29, 1.82) is 0 Å². The van der Waals surface area contributed by atoms with E-state index >= 15 is 0 Å². The molecule has 0 fully saturated rings. The largest absolute Gasteiger partial charge is 0.310 e. The standard InChI is InChI=1S/C21H25N5O/c1-2-6-20-23-19-9-10-25(15-18(19)21(27)24-20)12-17-11-22-26(14-17)13-16-7-4-3-5-8-16/h3-5,7-8,11,14H,2,6,9-10,12-13,15H2,1H3,(H,23,24,27). The van der Waals surface area contributed by atoms with E-state index in [-0.39, 0.29) is 5.56 Å². The number of aryl methyl sites for hydroxylation is 1. The molecule has 0 spiro atoms. The minimum atomic E-state index is 0.0212. The maximum atomic E-state index is 12.4. The molecule has 0 unspecified atom stereocenters. The van der Waals surface area contributed by atoms with Crippen LogP contribution in [0, 0.1) is 0 Å². The van der Waals surface area contributed by atoms with Crippen molar-refractivity contribution in [3.63, 3.8) is 0 Å². The molecule has 27 heavy (non-hydrogen) atoms. The highest BCUT2D eigenvalue weighted by atomic mass is 16.1. The molecule has 140 valence electrons. The summed E-state index contributed by atoms with van der Waals surface area (Å²) in [7, 11) is 0. The smallest absolute Gasteiger partial charge is 0.255 e. The minimum Gasteiger partial charge on any atom is -0.310 e. The van der Waals surface area contributed by atoms with E-state index < -0.39 is 0 Å². The Morgan fingerprint density at radius 1 is 1.15 bits per heavy atom. The molecule has 0 saturated heterocycles. The van der Waals surface area contributed by atoms with Crippen LogP contribution in [0.2, 0.25) is 0 Å². The first-order valence-electron chi connectivity index (χ1n) is 9.60. The fourth-order valence-corrected chi connectivity index (χ4v) is 3.63. The highest BCUT2D eigenvalue weighted by molar-refractivity contribution is 5.21. The van der Waals surface area contributed by atoms with Gasteiger partial charge >= 0.3 is 0 Å². The van der Waals surface area contributed by atoms with Gasteiger partial charge in [-0.05, 0) is 12.0 Å². The fraction of sp³-hybridized carbons (Fsp3) is 0.381. The van der Waals surface area contributed by atoms with Crippen molar-refractivity contribution in [1.82, 2.24) is 24.6 Å². The van der Waals surface area contributed by atoms with Crippen LogP contribution in [0.15, 0.2) is 47.5 Å². The Balaban J connectivity index is 1.42. The predicted octanol–water partition coefficient (Wildman–Crippen LogP) is 2.53. The summed E-state index contributed by atoms with van der Waals surface area (Å²) in [4.78, 5) is 22.3. The average molecular weight is 363 g/mol. The van der Waals surface area contributed by atoms with Crippen LogP contribution < -0.4 is 5.56 Å². The van der Waals surface area contributed by atoms with Crippen LogP contribution in [0.4, 0.5) is 0 Å². The van der Waals surface area contributed by atoms with Crippen LogP contribution in [0.25, 0.3) is 0 Å². The van der Waals surface area contributed by atoms with Gasteiger partial charge in [-0.25, -0.2) is 4.98 Å². The van der Waals surface area contributed by atoms with Crippen LogP contribution in [-0.2, 0) is 32.5 Å². The first-order valence-corrected chi connectivity index (χ1v) is 9.60. The highest BCUT2D eigenvalue weighted by Crippen LogP contribution is 2.17. The Bertz CT molecular complexity index is 960. The number of aromatic amines is 1. The zero-order chi connectivity index (χ0) is 18.6. The molecule has 0 aliphatic carbocycles. The lowest BCUT2D eigenvalue weighted by Gasteiger charge is -2.27. The topological polar surface area (TPSA) is 66.8 Å². The Kier molecular flexibility index (Phi) is 5.16. The quantitative estimate of drug-likeness (QED) is 0.731. The third-order valence-electron chi connectivity index (χ3n) is 4.96. The molecule has 0 radical (unpaired) electrons. The Labute approximate surface area is 158 Å². The van der Waals surface area contributed by atoms with Gasteiger partial charge in [0.25, 0.3) is 5.56 Å². The summed E-state index contributed by atoms with van der Waals surface area (Å²) in [5.41, 5.74) is 4.21. The number of rotatable bonds is 6. The van der Waals surface area contributed by atoms with E-state index in [2.05, 4.69) is 45.2 Å². The van der Waals surface area contributed by atoms with Gasteiger partial charge < -0.3 is 4.98 Å². The number of fused-ring (bicyclic) bond motifs is 1. The first-order chi connectivity index (χ1) is 13.2. The van der Waals surface area contributed by atoms with Crippen molar-refractivity contribution in [2.75, 3.05) is 6.54 Å². The molecule has 1 N–H and O–H groups in total. The predicted molar refractivity (Wildman–Crippen MR) is 104 cm³/mol. The maximum Gasteiger partial charge on any atom is 0.255 e. The molecule has 3 heterocycles. The van der Waals surface area contributed by atoms with E-state index in [1.165, 1.54) is 11.1 Å². The van der Waals surface area contributed by atoms with Gasteiger partial charge in [0.05, 0.1) is 24.0 Å². The summed E-state index contributed by atoms with van der Waals surface area (Å²) in [5, 5.41) is 4.48. The van der Waals surface area contributed by atoms with Gasteiger partial charge in [0.1, 0.15) is 5.82 Å². The molecule has 3 aromatic rings. The van der Waals surface area contributed by atoms with Crippen molar-refractivity contribution in [2.45, 2.75) is 45.8 Å². The highest BCUT2D eigenvalue weighted by Gasteiger charge is 2.21. The lowest BCUT2D eigenvalue weighted by Crippen LogP contribution is -2.35. The van der Waals surface area contributed by atoms with Crippen LogP contribution >= 0.6 is 0 Å². The Morgan fingerprint density at radius 2 is 2.00 bits per heavy atom. The summed E-state index contributed by atoms with van der Waals surface area (Å²) in [5.74, 6) is 0.817. The summed E-state index contributed by atoms with van der Waals surface area (Å²) in [6.45, 7) is 5.23. The van der Waals surface area contributed by atoms with Crippen molar-refractivity contribution in [2.24, 2.45) is 0 Å². The minimum absolute atomic E-state index is 0.0212. The van der Waals surface area contributed by atoms with Gasteiger partial charge in [-0.1, -0.05) is 37.3 Å². The molecular formula is C21H25N5O. The van der Waals surface area contributed by atoms with E-state index in [0.29, 0.717) is 6.54 Å². The number of nitrogens with one attached hydrogen (secondary N) is 1. The molecule has 0 bridgehead atoms. The zero-order valence-electron chi connectivity index (χ0n) is 15.7. The summed E-state index contributed by atoms with van der Waals surface area (Å²) in [6.07, 6.45) is 6.66. The van der Waals surface area contributed by atoms with Gasteiger partial charge in [0.15, 0.2) is 0 Å². The second kappa shape index (κ2) is 7.88. The Morgan fingerprint density at radius 3 is 2.81 bits per heavy atom. The van der Waals surface area contributed by atoms with Crippen LogP contribution in [0.5, 0.6) is 0 Å². The molecular weight excluding hydrogens is 338 g/mol. The molecule has 0 atom stereocenters. The summed E-state index contributed by atoms with van der Waals surface area (Å²) >= 11 is 0. The van der Waals surface area contributed by atoms with E-state index in [0.717, 1.165) is 56.0 Å². The number of hydrogen-bond acceptors (Lipinski definition) is 4. The molecule has 1 aromatic carbocycles. The van der Waals surface area contributed by atoms with E-state index in [9.17, 15) is 4.79 Å². The van der Waals surface area contributed by atoms with E-state index in [1.54, 1.807) is 0 Å². The van der Waals surface area contributed by atoms with Gasteiger partial charge in [-0.2, -0.15) is 5.10 Å². The third kappa shape index (κ3) is 4.17. The van der Waals surface area contributed by atoms with E-state index in [4.69, 9.17) is 0 Å². The maximum absolute atomic E-state index is 12.4. The Hall–Kier alpha value is -2.73. The monoisotopic (exact) mass is 363 g/mol. The molecule has 1 aliphatic rings. The fourth-order valence-electron chi connectivity index (χ4n) is 3.63. The normalized spacial score (nSPS) is 14.3. The third-order valence-corrected chi connectivity index (χ3v) is 4.96. The number of aromatic nitrogens is 4. The first kappa shape index (κ1) is 17.7. The van der Waals surface area contributed by atoms with Crippen LogP contribution in [0.1, 0.15) is 41.6 Å². The zero-order valence-corrected chi connectivity index (χ0v) is 15.7. The molecule has 4 rings (SSSR count). The summed E-state index contributed by atoms with van der Waals surface area (Å²) in [6, 6.07) is 10.3. The van der Waals surface area contributed by atoms with Crippen molar-refractivity contribution < 1.29 is 0 Å². The van der Waals surface area contributed by atoms with Crippen LogP contribution in [-0.4, -0.2) is 31.2 Å². The van der Waals surface area contributed by atoms with Gasteiger partial charge in [0.2, 0.25) is 0 Å². The second-order valence-electron chi connectivity index (χ2n) is 7.18. The molecule has 1 aliphatic heterocycles. The van der Waals surface area contributed by atoms with Crippen LogP contribution in [0.3, 0.4) is 0 Å². The lowest BCUT2D eigenvalue weighted by molar-refractivity contribution is 0.241. The molecule has 2 aromatic heterocycles. The van der Waals surface area contributed by atoms with Gasteiger partial charge in [0, 0.05) is 44.2 Å². The SMILES string of the molecule is CCCc1nc2c(c(=O)[nH]1)CN(Cc1cnn(Cc3ccccc3)c1)CC2. The van der Waals surface area contributed by atoms with Gasteiger partial charge in [-0.15, -0.1) is 0 Å². The lowest BCUT2D eigenvalue weighted by atomic mass is 10.1. The summed E-state index contributed by atoms with van der Waals surface area (Å²) < 4.78 is 1.97. The number of nitrogens with zero attached hydrogens (tertiary/aromatic N) is 4. The number of H-pyrrole nitrogens is 1. The molecule has 6 heteroatoms. The van der Waals surface area contributed by atoms with Crippen molar-refractivity contribution >= 4 is 0 Å². The van der Waals surface area contributed by atoms with Crippen molar-refractivity contribution in [3.8, 4) is 0 Å². The van der Waals surface area contributed by atoms with Gasteiger partial charge in [-0.3, -0.25) is 14.4 Å². The average Bonchev–Trinajstić information content (AvgIpc) is 3.10. The molecule has 6 nitrogen and oxygen atoms in total. The number of benzene rings is 1. The van der Waals surface area contributed by atoms with Crippen molar-refractivity contribution in [3.05, 3.63) is 81.3 Å². The molecule has 0 saturated carbocycles.